The summed E-state index contributed by atoms with van der Waals surface area (Å²) in [4.78, 5) is 50.3. The fraction of sp³-hybridized carbons (Fsp3) is 0.467. The van der Waals surface area contributed by atoms with Crippen LogP contribution in [0.15, 0.2) is 48.5 Å². The maximum Gasteiger partial charge on any atom is 0.261 e. The van der Waals surface area contributed by atoms with Gasteiger partial charge < -0.3 is 10.8 Å². The van der Waals surface area contributed by atoms with Crippen molar-refractivity contribution in [2.75, 3.05) is 19.7 Å². The van der Waals surface area contributed by atoms with E-state index in [1.54, 1.807) is 48.5 Å². The Labute approximate surface area is 225 Å². The van der Waals surface area contributed by atoms with Gasteiger partial charge in [-0.25, -0.2) is 0 Å². The summed E-state index contributed by atoms with van der Waals surface area (Å²) in [6.07, 6.45) is 2.79. The Morgan fingerprint density at radius 2 is 0.974 bits per heavy atom. The third kappa shape index (κ3) is 7.36. The van der Waals surface area contributed by atoms with Crippen molar-refractivity contribution in [3.8, 4) is 0 Å². The van der Waals surface area contributed by atoms with E-state index < -0.39 is 0 Å². The summed E-state index contributed by atoms with van der Waals surface area (Å²) in [5, 5.41) is 8.33. The molecule has 2 aliphatic heterocycles. The van der Waals surface area contributed by atoms with Crippen molar-refractivity contribution in [2.24, 2.45) is 17.6 Å². The second kappa shape index (κ2) is 14.5. The smallest absolute Gasteiger partial charge is 0.261 e. The number of hydrogen-bond donors (Lipinski definition) is 2. The SMILES string of the molecule is CC[C@@H](C)CN1C(=O)c2ccccc2C1=O.CC[C@@H](C)CO.CC[C@@H](N)CN1C(=O)c2ccccc2C1=O. The Morgan fingerprint density at radius 1 is 0.632 bits per heavy atom. The van der Waals surface area contributed by atoms with Gasteiger partial charge in [0.2, 0.25) is 0 Å². The lowest BCUT2D eigenvalue weighted by molar-refractivity contribution is 0.0621. The molecule has 8 nitrogen and oxygen atoms in total. The summed E-state index contributed by atoms with van der Waals surface area (Å²) in [5.74, 6) is 0.0722. The van der Waals surface area contributed by atoms with Crippen molar-refractivity contribution >= 4 is 23.6 Å². The van der Waals surface area contributed by atoms with Crippen LogP contribution in [0.5, 0.6) is 0 Å². The number of aliphatic hydroxyl groups excluding tert-OH is 1. The number of hydrogen-bond acceptors (Lipinski definition) is 6. The lowest BCUT2D eigenvalue weighted by Gasteiger charge is -2.17. The van der Waals surface area contributed by atoms with Crippen LogP contribution in [0.4, 0.5) is 0 Å². The van der Waals surface area contributed by atoms with Gasteiger partial charge in [0.05, 0.1) is 22.3 Å². The van der Waals surface area contributed by atoms with E-state index in [-0.39, 0.29) is 29.7 Å². The minimum atomic E-state index is -0.232. The van der Waals surface area contributed by atoms with Gasteiger partial charge in [-0.15, -0.1) is 0 Å². The fourth-order valence-corrected chi connectivity index (χ4v) is 3.74. The van der Waals surface area contributed by atoms with E-state index in [0.29, 0.717) is 53.8 Å². The maximum atomic E-state index is 12.0. The first kappa shape index (κ1) is 30.9. The molecule has 0 spiro atoms. The zero-order valence-corrected chi connectivity index (χ0v) is 23.1. The van der Waals surface area contributed by atoms with Crippen LogP contribution in [0.25, 0.3) is 0 Å². The highest BCUT2D eigenvalue weighted by Crippen LogP contribution is 2.24. The average molecular weight is 524 g/mol. The van der Waals surface area contributed by atoms with Gasteiger partial charge in [-0.1, -0.05) is 71.7 Å². The largest absolute Gasteiger partial charge is 0.396 e. The highest BCUT2D eigenvalue weighted by Gasteiger charge is 2.36. The van der Waals surface area contributed by atoms with Gasteiger partial charge in [0, 0.05) is 25.7 Å². The van der Waals surface area contributed by atoms with Crippen LogP contribution in [0.3, 0.4) is 0 Å². The number of nitrogens with zero attached hydrogens (tertiary/aromatic N) is 2. The van der Waals surface area contributed by atoms with E-state index in [4.69, 9.17) is 10.8 Å². The average Bonchev–Trinajstić information content (AvgIpc) is 3.33. The summed E-state index contributed by atoms with van der Waals surface area (Å²) >= 11 is 0. The molecule has 8 heteroatoms. The molecule has 3 N–H and O–H groups in total. The van der Waals surface area contributed by atoms with E-state index in [1.165, 1.54) is 9.80 Å². The van der Waals surface area contributed by atoms with Gasteiger partial charge in [0.25, 0.3) is 23.6 Å². The predicted molar refractivity (Wildman–Crippen MR) is 148 cm³/mol. The van der Waals surface area contributed by atoms with Crippen LogP contribution in [-0.4, -0.2) is 64.3 Å². The fourth-order valence-electron chi connectivity index (χ4n) is 3.74. The van der Waals surface area contributed by atoms with Gasteiger partial charge >= 0.3 is 0 Å². The van der Waals surface area contributed by atoms with Crippen molar-refractivity contribution in [1.29, 1.82) is 0 Å². The third-order valence-corrected chi connectivity index (χ3v) is 6.90. The zero-order chi connectivity index (χ0) is 28.4. The Kier molecular flexibility index (Phi) is 11.8. The molecule has 0 aliphatic carbocycles. The van der Waals surface area contributed by atoms with E-state index in [0.717, 1.165) is 19.3 Å². The Balaban J connectivity index is 0.000000221. The van der Waals surface area contributed by atoms with Crippen molar-refractivity contribution in [2.45, 2.75) is 59.9 Å². The minimum absolute atomic E-state index is 0.151. The number of rotatable bonds is 8. The van der Waals surface area contributed by atoms with E-state index >= 15 is 0 Å². The first-order chi connectivity index (χ1) is 18.1. The predicted octanol–water partition coefficient (Wildman–Crippen LogP) is 4.37. The number of benzene rings is 2. The van der Waals surface area contributed by atoms with E-state index in [1.807, 2.05) is 20.8 Å². The topological polar surface area (TPSA) is 121 Å². The number of carbonyl (C=O) groups excluding carboxylic acids is 4. The molecular weight excluding hydrogens is 482 g/mol. The third-order valence-electron chi connectivity index (χ3n) is 6.90. The molecule has 3 atom stereocenters. The highest BCUT2D eigenvalue weighted by molar-refractivity contribution is 6.22. The van der Waals surface area contributed by atoms with Gasteiger partial charge in [0.1, 0.15) is 0 Å². The van der Waals surface area contributed by atoms with E-state index in [2.05, 4.69) is 13.8 Å². The second-order valence-electron chi connectivity index (χ2n) is 9.91. The summed E-state index contributed by atoms with van der Waals surface area (Å²) in [6, 6.07) is 13.7. The first-order valence-corrected chi connectivity index (χ1v) is 13.4. The van der Waals surface area contributed by atoms with Crippen LogP contribution >= 0.6 is 0 Å². The maximum absolute atomic E-state index is 12.0. The van der Waals surface area contributed by atoms with Gasteiger partial charge in [-0.2, -0.15) is 0 Å². The molecule has 4 rings (SSSR count). The monoisotopic (exact) mass is 523 g/mol. The van der Waals surface area contributed by atoms with Gasteiger partial charge in [-0.05, 0) is 42.5 Å². The number of carbonyl (C=O) groups is 4. The number of aliphatic hydroxyl groups is 1. The number of amides is 4. The molecule has 0 bridgehead atoms. The molecular formula is C30H41N3O5. The molecule has 0 aromatic heterocycles. The Morgan fingerprint density at radius 3 is 1.24 bits per heavy atom. The lowest BCUT2D eigenvalue weighted by Crippen LogP contribution is -2.40. The van der Waals surface area contributed by atoms with Crippen LogP contribution in [0.2, 0.25) is 0 Å². The quantitative estimate of drug-likeness (QED) is 0.496. The van der Waals surface area contributed by atoms with Crippen LogP contribution < -0.4 is 5.73 Å². The molecule has 0 unspecified atom stereocenters. The van der Waals surface area contributed by atoms with Gasteiger partial charge in [-0.3, -0.25) is 29.0 Å². The number of nitrogens with two attached hydrogens (primary N) is 1. The molecule has 38 heavy (non-hydrogen) atoms. The molecule has 206 valence electrons. The standard InChI is InChI=1S/C13H15NO2.C12H14N2O2.C5H12O/c1-3-9(2)8-14-12(15)10-6-4-5-7-11(10)13(14)16;1-2-8(13)7-14-11(15)9-5-3-4-6-10(9)12(14)16;1-3-5(2)4-6/h4-7,9H,3,8H2,1-2H3;3-6,8H,2,7,13H2,1H3;5-6H,3-4H2,1-2H3/t9-;8-;5-/m111/s1. The molecule has 2 aliphatic rings. The Hall–Kier alpha value is -3.36. The van der Waals surface area contributed by atoms with Crippen LogP contribution in [-0.2, 0) is 0 Å². The summed E-state index contributed by atoms with van der Waals surface area (Å²) in [5.41, 5.74) is 7.81. The molecule has 0 radical (unpaired) electrons. The molecule has 2 aromatic carbocycles. The molecule has 0 saturated heterocycles. The van der Waals surface area contributed by atoms with Crippen molar-refractivity contribution in [3.63, 3.8) is 0 Å². The summed E-state index contributed by atoms with van der Waals surface area (Å²) in [6.45, 7) is 11.3. The minimum Gasteiger partial charge on any atom is -0.396 e. The Bertz CT molecular complexity index is 975. The second-order valence-corrected chi connectivity index (χ2v) is 9.91. The van der Waals surface area contributed by atoms with Crippen LogP contribution in [0.1, 0.15) is 95.3 Å². The first-order valence-electron chi connectivity index (χ1n) is 13.4. The zero-order valence-electron chi connectivity index (χ0n) is 23.1. The normalized spacial score (nSPS) is 16.2. The number of fused-ring (bicyclic) bond motifs is 2. The van der Waals surface area contributed by atoms with Crippen LogP contribution in [0, 0.1) is 11.8 Å². The summed E-state index contributed by atoms with van der Waals surface area (Å²) < 4.78 is 0. The molecule has 0 fully saturated rings. The molecule has 0 saturated carbocycles. The highest BCUT2D eigenvalue weighted by atomic mass is 16.3. The van der Waals surface area contributed by atoms with Crippen molar-refractivity contribution in [3.05, 3.63) is 70.8 Å². The van der Waals surface area contributed by atoms with Crippen molar-refractivity contribution in [1.82, 2.24) is 9.80 Å². The van der Waals surface area contributed by atoms with Crippen molar-refractivity contribution < 1.29 is 24.3 Å². The van der Waals surface area contributed by atoms with Gasteiger partial charge in [0.15, 0.2) is 0 Å². The lowest BCUT2D eigenvalue weighted by atomic mass is 10.1. The molecule has 2 heterocycles. The van der Waals surface area contributed by atoms with E-state index in [9.17, 15) is 19.2 Å². The number of imide groups is 2. The molecule has 2 aromatic rings. The summed E-state index contributed by atoms with van der Waals surface area (Å²) in [7, 11) is 0. The molecule has 4 amide bonds.